The summed E-state index contributed by atoms with van der Waals surface area (Å²) >= 11 is 0. The molecule has 0 fully saturated rings. The molecule has 8 heteroatoms. The summed E-state index contributed by atoms with van der Waals surface area (Å²) in [7, 11) is -0.965. The standard InChI is InChI=1S/C12H17N2O5P/c1-19-12(15)9-4-5-11(14(16)17)10(8-9)13-6-7-20(2,3)18/h4-5,8,13H,6-7H2,1-3H3. The molecular formula is C12H17N2O5P. The molecule has 0 bridgehead atoms. The van der Waals surface area contributed by atoms with Gasteiger partial charge in [-0.05, 0) is 25.5 Å². The van der Waals surface area contributed by atoms with Crippen molar-refractivity contribution in [3.8, 4) is 0 Å². The molecule has 0 aliphatic heterocycles. The molecule has 7 nitrogen and oxygen atoms in total. The number of carbonyl (C=O) groups excluding carboxylic acids is 1. The van der Waals surface area contributed by atoms with Gasteiger partial charge < -0.3 is 14.6 Å². The van der Waals surface area contributed by atoms with Crippen LogP contribution in [-0.4, -0.2) is 44.0 Å². The number of benzene rings is 1. The molecule has 0 heterocycles. The fourth-order valence-corrected chi connectivity index (χ4v) is 2.19. The second-order valence-electron chi connectivity index (χ2n) is 4.70. The van der Waals surface area contributed by atoms with Gasteiger partial charge in [0.15, 0.2) is 0 Å². The maximum atomic E-state index is 11.6. The van der Waals surface area contributed by atoms with E-state index in [0.29, 0.717) is 12.7 Å². The Bertz CT molecular complexity index is 567. The fourth-order valence-electron chi connectivity index (χ4n) is 1.54. The summed E-state index contributed by atoms with van der Waals surface area (Å²) in [6, 6.07) is 3.94. The Balaban J connectivity index is 2.97. The van der Waals surface area contributed by atoms with Crippen LogP contribution in [0, 0.1) is 10.1 Å². The summed E-state index contributed by atoms with van der Waals surface area (Å²) in [4.78, 5) is 21.8. The van der Waals surface area contributed by atoms with Gasteiger partial charge in [-0.2, -0.15) is 0 Å². The van der Waals surface area contributed by atoms with Crippen LogP contribution < -0.4 is 5.32 Å². The van der Waals surface area contributed by atoms with Gasteiger partial charge in [0.25, 0.3) is 5.69 Å². The summed E-state index contributed by atoms with van der Waals surface area (Å²) < 4.78 is 16.2. The van der Waals surface area contributed by atoms with Gasteiger partial charge in [-0.1, -0.05) is 0 Å². The molecule has 1 N–H and O–H groups in total. The van der Waals surface area contributed by atoms with Crippen molar-refractivity contribution in [2.45, 2.75) is 0 Å². The van der Waals surface area contributed by atoms with Crippen molar-refractivity contribution in [3.05, 3.63) is 33.9 Å². The molecule has 1 aromatic carbocycles. The SMILES string of the molecule is COC(=O)c1ccc([N+](=O)[O-])c(NCCP(C)(C)=O)c1. The first-order chi connectivity index (χ1) is 9.24. The molecule has 0 aromatic heterocycles. The van der Waals surface area contributed by atoms with Crippen LogP contribution in [0.3, 0.4) is 0 Å². The minimum absolute atomic E-state index is 0.139. The van der Waals surface area contributed by atoms with Gasteiger partial charge in [-0.25, -0.2) is 4.79 Å². The zero-order chi connectivity index (χ0) is 15.3. The van der Waals surface area contributed by atoms with Crippen LogP contribution in [0.5, 0.6) is 0 Å². The highest BCUT2D eigenvalue weighted by Gasteiger charge is 2.17. The average Bonchev–Trinajstić information content (AvgIpc) is 2.35. The first-order valence-corrected chi connectivity index (χ1v) is 8.68. The predicted molar refractivity (Wildman–Crippen MR) is 77.2 cm³/mol. The molecular weight excluding hydrogens is 283 g/mol. The van der Waals surface area contributed by atoms with E-state index in [1.807, 2.05) is 0 Å². The second-order valence-corrected chi connectivity index (χ2v) is 8.30. The number of nitrogens with one attached hydrogen (secondary N) is 1. The second kappa shape index (κ2) is 6.52. The summed E-state index contributed by atoms with van der Waals surface area (Å²) in [6.07, 6.45) is 0.409. The Morgan fingerprint density at radius 1 is 1.45 bits per heavy atom. The number of anilines is 1. The number of hydrogen-bond acceptors (Lipinski definition) is 6. The number of rotatable bonds is 6. The van der Waals surface area contributed by atoms with E-state index < -0.39 is 18.0 Å². The van der Waals surface area contributed by atoms with E-state index in [4.69, 9.17) is 0 Å². The third-order valence-corrected chi connectivity index (χ3v) is 3.88. The summed E-state index contributed by atoms with van der Waals surface area (Å²) in [5.74, 6) is -0.570. The number of nitrogens with zero attached hydrogens (tertiary/aromatic N) is 1. The van der Waals surface area contributed by atoms with Crippen LogP contribution in [0.4, 0.5) is 11.4 Å². The highest BCUT2D eigenvalue weighted by molar-refractivity contribution is 7.62. The molecule has 0 amide bonds. The number of esters is 1. The summed E-state index contributed by atoms with van der Waals surface area (Å²) in [5, 5.41) is 13.8. The number of hydrogen-bond donors (Lipinski definition) is 1. The number of methoxy groups -OCH3 is 1. The monoisotopic (exact) mass is 300 g/mol. The van der Waals surface area contributed by atoms with Crippen LogP contribution in [0.1, 0.15) is 10.4 Å². The lowest BCUT2D eigenvalue weighted by atomic mass is 10.1. The first kappa shape index (κ1) is 16.2. The van der Waals surface area contributed by atoms with E-state index in [2.05, 4.69) is 10.1 Å². The number of carbonyl (C=O) groups is 1. The molecule has 0 radical (unpaired) electrons. The largest absolute Gasteiger partial charge is 0.465 e. The van der Waals surface area contributed by atoms with E-state index in [1.54, 1.807) is 13.3 Å². The third kappa shape index (κ3) is 4.66. The lowest BCUT2D eigenvalue weighted by Gasteiger charge is -2.10. The van der Waals surface area contributed by atoms with Crippen molar-refractivity contribution in [2.75, 3.05) is 38.5 Å². The average molecular weight is 300 g/mol. The zero-order valence-corrected chi connectivity index (χ0v) is 12.5. The van der Waals surface area contributed by atoms with Crippen molar-refractivity contribution >= 4 is 24.5 Å². The lowest BCUT2D eigenvalue weighted by Crippen LogP contribution is -2.10. The van der Waals surface area contributed by atoms with Gasteiger partial charge in [0, 0.05) is 18.8 Å². The van der Waals surface area contributed by atoms with Crippen LogP contribution in [0.2, 0.25) is 0 Å². The van der Waals surface area contributed by atoms with Crippen LogP contribution in [0.25, 0.3) is 0 Å². The molecule has 20 heavy (non-hydrogen) atoms. The Labute approximate surface area is 116 Å². The molecule has 0 aliphatic carbocycles. The van der Waals surface area contributed by atoms with Gasteiger partial charge in [0.1, 0.15) is 5.69 Å². The topological polar surface area (TPSA) is 98.5 Å². The Kier molecular flexibility index (Phi) is 5.27. The molecule has 1 rings (SSSR count). The minimum Gasteiger partial charge on any atom is -0.465 e. The zero-order valence-electron chi connectivity index (χ0n) is 11.6. The molecule has 0 saturated carbocycles. The van der Waals surface area contributed by atoms with E-state index in [0.717, 1.165) is 0 Å². The van der Waals surface area contributed by atoms with Crippen molar-refractivity contribution in [2.24, 2.45) is 0 Å². The minimum atomic E-state index is -2.20. The quantitative estimate of drug-likeness (QED) is 0.375. The van der Waals surface area contributed by atoms with Crippen molar-refractivity contribution in [1.82, 2.24) is 0 Å². The summed E-state index contributed by atoms with van der Waals surface area (Å²) in [6.45, 7) is 3.62. The molecule has 1 aromatic rings. The van der Waals surface area contributed by atoms with Crippen LogP contribution in [-0.2, 0) is 9.30 Å². The molecule has 0 unspecified atom stereocenters. The molecule has 0 spiro atoms. The normalized spacial score (nSPS) is 10.9. The molecule has 0 atom stereocenters. The molecule has 110 valence electrons. The highest BCUT2D eigenvalue weighted by Crippen LogP contribution is 2.35. The van der Waals surface area contributed by atoms with Crippen LogP contribution in [0.15, 0.2) is 18.2 Å². The Hall–Kier alpha value is -1.88. The number of ether oxygens (including phenoxy) is 1. The molecule has 0 aliphatic rings. The van der Waals surface area contributed by atoms with Gasteiger partial charge in [-0.3, -0.25) is 10.1 Å². The van der Waals surface area contributed by atoms with E-state index in [1.165, 1.54) is 25.3 Å². The first-order valence-electron chi connectivity index (χ1n) is 5.89. The van der Waals surface area contributed by atoms with Gasteiger partial charge in [0.2, 0.25) is 0 Å². The van der Waals surface area contributed by atoms with Crippen molar-refractivity contribution < 1.29 is 19.0 Å². The molecule has 0 saturated heterocycles. The smallest absolute Gasteiger partial charge is 0.337 e. The Morgan fingerprint density at radius 3 is 2.60 bits per heavy atom. The lowest BCUT2D eigenvalue weighted by molar-refractivity contribution is -0.384. The Morgan fingerprint density at radius 2 is 2.10 bits per heavy atom. The third-order valence-electron chi connectivity index (χ3n) is 2.58. The maximum Gasteiger partial charge on any atom is 0.337 e. The van der Waals surface area contributed by atoms with Gasteiger partial charge >= 0.3 is 5.97 Å². The predicted octanol–water partition coefficient (Wildman–Crippen LogP) is 2.42. The fraction of sp³-hybridized carbons (Fsp3) is 0.417. The summed E-state index contributed by atoms with van der Waals surface area (Å²) in [5.41, 5.74) is 0.294. The van der Waals surface area contributed by atoms with Gasteiger partial charge in [-0.15, -0.1) is 0 Å². The maximum absolute atomic E-state index is 11.6. The van der Waals surface area contributed by atoms with Gasteiger partial charge in [0.05, 0.1) is 24.7 Å². The highest BCUT2D eigenvalue weighted by atomic mass is 31.2. The number of nitro benzene ring substituents is 1. The van der Waals surface area contributed by atoms with E-state index in [-0.39, 0.29) is 16.9 Å². The van der Waals surface area contributed by atoms with E-state index in [9.17, 15) is 19.5 Å². The van der Waals surface area contributed by atoms with E-state index >= 15 is 0 Å². The van der Waals surface area contributed by atoms with Crippen molar-refractivity contribution in [1.29, 1.82) is 0 Å². The van der Waals surface area contributed by atoms with Crippen LogP contribution >= 0.6 is 7.14 Å². The number of nitro groups is 1. The van der Waals surface area contributed by atoms with Crippen molar-refractivity contribution in [3.63, 3.8) is 0 Å².